The number of thiazole rings is 1. The summed E-state index contributed by atoms with van der Waals surface area (Å²) in [6, 6.07) is 17.5. The van der Waals surface area contributed by atoms with E-state index in [1.54, 1.807) is 18.4 Å². The quantitative estimate of drug-likeness (QED) is 0.298. The first-order valence-electron chi connectivity index (χ1n) is 12.4. The monoisotopic (exact) mass is 589 g/mol. The van der Waals surface area contributed by atoms with Crippen molar-refractivity contribution >= 4 is 39.3 Å². The zero-order valence-electron chi connectivity index (χ0n) is 21.9. The van der Waals surface area contributed by atoms with Gasteiger partial charge in [0, 0.05) is 21.5 Å². The summed E-state index contributed by atoms with van der Waals surface area (Å²) in [4.78, 5) is 32.2. The Kier molecular flexibility index (Phi) is 7.11. The lowest BCUT2D eigenvalue weighted by Crippen LogP contribution is -2.39. The van der Waals surface area contributed by atoms with Crippen LogP contribution >= 0.6 is 27.3 Å². The molecule has 5 rings (SSSR count). The number of hydrogen-bond acceptors (Lipinski definition) is 5. The average Bonchev–Trinajstić information content (AvgIpc) is 3.34. The molecule has 0 amide bonds. The SMILES string of the molecule is CCOC(=O)C1=C(C)N=c2sc(=Cc3cc(C)n(-c4ccc(Br)cc4)c3C)c(=O)n2C1c1ccc(C)cc1. The molecule has 0 saturated heterocycles. The second kappa shape index (κ2) is 10.3. The van der Waals surface area contributed by atoms with E-state index in [0.717, 1.165) is 38.2 Å². The number of ether oxygens (including phenoxy) is 1. The molecular weight excluding hydrogens is 562 g/mol. The molecule has 1 aliphatic heterocycles. The summed E-state index contributed by atoms with van der Waals surface area (Å²) in [5.41, 5.74) is 6.84. The maximum Gasteiger partial charge on any atom is 0.338 e. The normalized spacial score (nSPS) is 15.4. The molecular formula is C30H28BrN3O3S. The number of esters is 1. The molecule has 0 fully saturated rings. The van der Waals surface area contributed by atoms with E-state index in [4.69, 9.17) is 4.74 Å². The molecule has 1 atom stereocenters. The van der Waals surface area contributed by atoms with E-state index in [0.29, 0.717) is 20.6 Å². The molecule has 0 aliphatic carbocycles. The van der Waals surface area contributed by atoms with Crippen LogP contribution in [0.4, 0.5) is 0 Å². The van der Waals surface area contributed by atoms with Crippen LogP contribution in [-0.4, -0.2) is 21.7 Å². The van der Waals surface area contributed by atoms with E-state index in [9.17, 15) is 9.59 Å². The van der Waals surface area contributed by atoms with Crippen molar-refractivity contribution in [3.63, 3.8) is 0 Å². The number of rotatable bonds is 5. The molecule has 1 aliphatic rings. The molecule has 0 bridgehead atoms. The Morgan fingerprint density at radius 2 is 1.76 bits per heavy atom. The van der Waals surface area contributed by atoms with Crippen LogP contribution in [-0.2, 0) is 9.53 Å². The van der Waals surface area contributed by atoms with Crippen molar-refractivity contribution in [2.24, 2.45) is 4.99 Å². The summed E-state index contributed by atoms with van der Waals surface area (Å²) >= 11 is 4.84. The zero-order valence-corrected chi connectivity index (χ0v) is 24.3. The molecule has 4 aromatic rings. The van der Waals surface area contributed by atoms with Crippen molar-refractivity contribution in [3.05, 3.63) is 118 Å². The van der Waals surface area contributed by atoms with Crippen LogP contribution in [0.5, 0.6) is 0 Å². The highest BCUT2D eigenvalue weighted by atomic mass is 79.9. The topological polar surface area (TPSA) is 65.6 Å². The number of hydrogen-bond donors (Lipinski definition) is 0. The number of fused-ring (bicyclic) bond motifs is 1. The minimum atomic E-state index is -0.608. The van der Waals surface area contributed by atoms with Gasteiger partial charge in [0.1, 0.15) is 0 Å². The Morgan fingerprint density at radius 3 is 2.42 bits per heavy atom. The Bertz CT molecular complexity index is 1760. The molecule has 8 heteroatoms. The van der Waals surface area contributed by atoms with Gasteiger partial charge in [0.25, 0.3) is 5.56 Å². The van der Waals surface area contributed by atoms with Gasteiger partial charge >= 0.3 is 5.97 Å². The van der Waals surface area contributed by atoms with Crippen molar-refractivity contribution in [3.8, 4) is 5.69 Å². The smallest absolute Gasteiger partial charge is 0.338 e. The lowest BCUT2D eigenvalue weighted by Gasteiger charge is -2.24. The first-order valence-corrected chi connectivity index (χ1v) is 14.0. The predicted octanol–water partition coefficient (Wildman–Crippen LogP) is 5.28. The number of carbonyl (C=O) groups excluding carboxylic acids is 1. The van der Waals surface area contributed by atoms with Crippen LogP contribution in [0.15, 0.2) is 80.1 Å². The Labute approximate surface area is 233 Å². The minimum absolute atomic E-state index is 0.179. The van der Waals surface area contributed by atoms with Gasteiger partial charge in [0.15, 0.2) is 4.80 Å². The van der Waals surface area contributed by atoms with Crippen molar-refractivity contribution in [1.82, 2.24) is 9.13 Å². The van der Waals surface area contributed by atoms with Gasteiger partial charge in [-0.05, 0) is 82.2 Å². The average molecular weight is 591 g/mol. The number of halogens is 1. The molecule has 0 N–H and O–H groups in total. The third-order valence-corrected chi connectivity index (χ3v) is 8.26. The van der Waals surface area contributed by atoms with Gasteiger partial charge in [0.05, 0.1) is 28.5 Å². The van der Waals surface area contributed by atoms with Crippen molar-refractivity contribution in [2.45, 2.75) is 40.7 Å². The van der Waals surface area contributed by atoms with Crippen molar-refractivity contribution in [1.29, 1.82) is 0 Å². The highest BCUT2D eigenvalue weighted by molar-refractivity contribution is 9.10. The van der Waals surface area contributed by atoms with Gasteiger partial charge in [-0.25, -0.2) is 9.79 Å². The van der Waals surface area contributed by atoms with E-state index in [1.807, 2.05) is 49.4 Å². The molecule has 3 heterocycles. The number of nitrogens with zero attached hydrogens (tertiary/aromatic N) is 3. The van der Waals surface area contributed by atoms with E-state index >= 15 is 0 Å². The van der Waals surface area contributed by atoms with Crippen LogP contribution in [0.3, 0.4) is 0 Å². The lowest BCUT2D eigenvalue weighted by atomic mass is 9.95. The molecule has 6 nitrogen and oxygen atoms in total. The summed E-state index contributed by atoms with van der Waals surface area (Å²) in [7, 11) is 0. The van der Waals surface area contributed by atoms with Gasteiger partial charge < -0.3 is 9.30 Å². The van der Waals surface area contributed by atoms with Crippen LogP contribution < -0.4 is 14.9 Å². The van der Waals surface area contributed by atoms with Crippen LogP contribution in [0.25, 0.3) is 11.8 Å². The van der Waals surface area contributed by atoms with Gasteiger partial charge in [-0.15, -0.1) is 0 Å². The molecule has 0 saturated carbocycles. The van der Waals surface area contributed by atoms with E-state index in [-0.39, 0.29) is 12.2 Å². The van der Waals surface area contributed by atoms with Crippen LogP contribution in [0.1, 0.15) is 48.0 Å². The number of benzene rings is 2. The first kappa shape index (κ1) is 26.1. The molecule has 0 radical (unpaired) electrons. The molecule has 1 unspecified atom stereocenters. The third-order valence-electron chi connectivity index (χ3n) is 6.75. The summed E-state index contributed by atoms with van der Waals surface area (Å²) in [6.07, 6.45) is 1.93. The lowest BCUT2D eigenvalue weighted by molar-refractivity contribution is -0.139. The maximum absolute atomic E-state index is 13.9. The van der Waals surface area contributed by atoms with E-state index in [2.05, 4.69) is 57.5 Å². The van der Waals surface area contributed by atoms with Gasteiger partial charge in [0.2, 0.25) is 0 Å². The Hall–Kier alpha value is -3.49. The Morgan fingerprint density at radius 1 is 1.08 bits per heavy atom. The number of carbonyl (C=O) groups is 1. The summed E-state index contributed by atoms with van der Waals surface area (Å²) in [5.74, 6) is -0.452. The standard InChI is InChI=1S/C30H28BrN3O3S/c1-6-37-29(36)26-19(4)32-30-34(27(26)21-9-7-17(2)8-10-21)28(35)25(38-30)16-22-15-18(3)33(20(22)5)24-13-11-23(31)12-14-24/h7-16,27H,6H2,1-5H3. The van der Waals surface area contributed by atoms with Gasteiger partial charge in [-0.1, -0.05) is 57.1 Å². The van der Waals surface area contributed by atoms with E-state index < -0.39 is 12.0 Å². The number of aryl methyl sites for hydroxylation is 2. The second-order valence-corrected chi connectivity index (χ2v) is 11.3. The third kappa shape index (κ3) is 4.63. The summed E-state index contributed by atoms with van der Waals surface area (Å²) in [5, 5.41) is 0. The van der Waals surface area contributed by atoms with Gasteiger partial charge in [-0.3, -0.25) is 9.36 Å². The van der Waals surface area contributed by atoms with Crippen LogP contribution in [0.2, 0.25) is 0 Å². The predicted molar refractivity (Wildman–Crippen MR) is 155 cm³/mol. The highest BCUT2D eigenvalue weighted by Gasteiger charge is 2.33. The number of allylic oxidation sites excluding steroid dienone is 1. The Balaban J connectivity index is 1.68. The molecule has 2 aromatic carbocycles. The number of aromatic nitrogens is 2. The second-order valence-electron chi connectivity index (χ2n) is 9.35. The fraction of sp³-hybridized carbons (Fsp3) is 0.233. The fourth-order valence-electron chi connectivity index (χ4n) is 4.92. The molecule has 0 spiro atoms. The molecule has 2 aromatic heterocycles. The fourth-order valence-corrected chi connectivity index (χ4v) is 6.22. The molecule has 38 heavy (non-hydrogen) atoms. The summed E-state index contributed by atoms with van der Waals surface area (Å²) in [6.45, 7) is 9.93. The van der Waals surface area contributed by atoms with Gasteiger partial charge in [-0.2, -0.15) is 0 Å². The van der Waals surface area contributed by atoms with Crippen molar-refractivity contribution in [2.75, 3.05) is 6.61 Å². The van der Waals surface area contributed by atoms with E-state index in [1.165, 1.54) is 11.3 Å². The van der Waals surface area contributed by atoms with Crippen molar-refractivity contribution < 1.29 is 9.53 Å². The maximum atomic E-state index is 13.9. The molecule has 194 valence electrons. The minimum Gasteiger partial charge on any atom is -0.463 e. The largest absolute Gasteiger partial charge is 0.463 e. The zero-order chi connectivity index (χ0) is 27.1. The first-order chi connectivity index (χ1) is 18.2. The highest BCUT2D eigenvalue weighted by Crippen LogP contribution is 2.31. The summed E-state index contributed by atoms with van der Waals surface area (Å²) < 4.78 is 10.8. The van der Waals surface area contributed by atoms with Crippen LogP contribution in [0, 0.1) is 20.8 Å².